The summed E-state index contributed by atoms with van der Waals surface area (Å²) in [5.41, 5.74) is 3.85. The Labute approximate surface area is 146 Å². The van der Waals surface area contributed by atoms with Gasteiger partial charge in [0.25, 0.3) is 0 Å². The van der Waals surface area contributed by atoms with E-state index in [9.17, 15) is 0 Å². The van der Waals surface area contributed by atoms with Crippen LogP contribution >= 0.6 is 0 Å². The molecule has 4 aromatic rings. The first kappa shape index (κ1) is 15.0. The second-order valence-electron chi connectivity index (χ2n) is 5.55. The maximum Gasteiger partial charge on any atom is 0.162 e. The smallest absolute Gasteiger partial charge is 0.162 e. The Hall–Kier alpha value is -3.53. The molecule has 0 unspecified atom stereocenters. The molecule has 120 valence electrons. The van der Waals surface area contributed by atoms with E-state index in [0.29, 0.717) is 5.82 Å². The fourth-order valence-corrected chi connectivity index (χ4v) is 2.57. The van der Waals surface area contributed by atoms with Crippen LogP contribution in [0.1, 0.15) is 0 Å². The highest BCUT2D eigenvalue weighted by molar-refractivity contribution is 5.69. The molecule has 2 aromatic carbocycles. The molecule has 1 N–H and O–H groups in total. The fourth-order valence-electron chi connectivity index (χ4n) is 2.57. The molecule has 0 aliphatic rings. The molecule has 0 spiro atoms. The summed E-state index contributed by atoms with van der Waals surface area (Å²) in [5, 5.41) is 3.36. The maximum atomic E-state index is 4.74. The Morgan fingerprint density at radius 1 is 0.640 bits per heavy atom. The zero-order valence-electron chi connectivity index (χ0n) is 13.5. The molecule has 0 aliphatic heterocycles. The highest BCUT2D eigenvalue weighted by Crippen LogP contribution is 2.25. The minimum Gasteiger partial charge on any atom is -0.340 e. The molecule has 0 saturated carbocycles. The fraction of sp³-hybridized carbons (Fsp3) is 0. The Morgan fingerprint density at radius 3 is 2.04 bits per heavy atom. The van der Waals surface area contributed by atoms with Crippen LogP contribution in [0.5, 0.6) is 0 Å². The lowest BCUT2D eigenvalue weighted by atomic mass is 10.1. The maximum absolute atomic E-state index is 4.74. The van der Waals surface area contributed by atoms with Gasteiger partial charge in [-0.1, -0.05) is 48.5 Å². The Bertz CT molecular complexity index is 897. The molecule has 0 aliphatic carbocycles. The summed E-state index contributed by atoms with van der Waals surface area (Å²) < 4.78 is 0. The van der Waals surface area contributed by atoms with Crippen LogP contribution in [0.4, 0.5) is 11.5 Å². The van der Waals surface area contributed by atoms with Crippen LogP contribution < -0.4 is 5.32 Å². The second-order valence-corrected chi connectivity index (χ2v) is 5.55. The summed E-state index contributed by atoms with van der Waals surface area (Å²) in [6.45, 7) is 0. The molecule has 0 atom stereocenters. The molecular weight excluding hydrogens is 308 g/mol. The Kier molecular flexibility index (Phi) is 4.16. The summed E-state index contributed by atoms with van der Waals surface area (Å²) in [6, 6.07) is 25.9. The van der Waals surface area contributed by atoms with Gasteiger partial charge in [-0.3, -0.25) is 4.98 Å². The predicted octanol–water partition coefficient (Wildman–Crippen LogP) is 4.95. The zero-order chi connectivity index (χ0) is 16.9. The van der Waals surface area contributed by atoms with Crippen molar-refractivity contribution in [1.29, 1.82) is 0 Å². The monoisotopic (exact) mass is 324 g/mol. The topological polar surface area (TPSA) is 50.7 Å². The van der Waals surface area contributed by atoms with Crippen molar-refractivity contribution >= 4 is 11.5 Å². The van der Waals surface area contributed by atoms with E-state index in [2.05, 4.69) is 15.3 Å². The van der Waals surface area contributed by atoms with Gasteiger partial charge in [-0.25, -0.2) is 9.97 Å². The average Bonchev–Trinajstić information content (AvgIpc) is 2.70. The number of nitrogens with one attached hydrogen (secondary N) is 1. The standard InChI is InChI=1S/C21H16N4/c1-3-7-16(8-4-1)19-15-20(23-18-9-5-2-6-10-18)25-21(24-19)17-11-13-22-14-12-17/h1-15H,(H,23,24,25). The van der Waals surface area contributed by atoms with Gasteiger partial charge in [0.05, 0.1) is 5.69 Å². The number of anilines is 2. The normalized spacial score (nSPS) is 10.4. The van der Waals surface area contributed by atoms with E-state index in [1.54, 1.807) is 12.4 Å². The van der Waals surface area contributed by atoms with Gasteiger partial charge in [0, 0.05) is 35.3 Å². The Morgan fingerprint density at radius 2 is 1.32 bits per heavy atom. The first-order chi connectivity index (χ1) is 12.4. The molecule has 2 aromatic heterocycles. The van der Waals surface area contributed by atoms with E-state index >= 15 is 0 Å². The number of benzene rings is 2. The largest absolute Gasteiger partial charge is 0.340 e. The van der Waals surface area contributed by atoms with Gasteiger partial charge in [-0.05, 0) is 24.3 Å². The minimum absolute atomic E-state index is 0.669. The molecule has 0 amide bonds. The molecule has 2 heterocycles. The SMILES string of the molecule is c1ccc(Nc2cc(-c3ccccc3)nc(-c3ccncc3)n2)cc1. The number of hydrogen-bond donors (Lipinski definition) is 1. The minimum atomic E-state index is 0.669. The van der Waals surface area contributed by atoms with Crippen LogP contribution in [0, 0.1) is 0 Å². The lowest BCUT2D eigenvalue weighted by molar-refractivity contribution is 1.17. The number of rotatable bonds is 4. The number of nitrogens with zero attached hydrogens (tertiary/aromatic N) is 3. The lowest BCUT2D eigenvalue weighted by Crippen LogP contribution is -1.99. The van der Waals surface area contributed by atoms with Crippen molar-refractivity contribution in [3.05, 3.63) is 91.3 Å². The van der Waals surface area contributed by atoms with Crippen LogP contribution in [0.3, 0.4) is 0 Å². The molecule has 0 fully saturated rings. The van der Waals surface area contributed by atoms with Crippen molar-refractivity contribution < 1.29 is 0 Å². The van der Waals surface area contributed by atoms with Crippen LogP contribution in [-0.4, -0.2) is 15.0 Å². The van der Waals surface area contributed by atoms with Crippen LogP contribution in [0.25, 0.3) is 22.6 Å². The van der Waals surface area contributed by atoms with E-state index in [1.807, 2.05) is 78.9 Å². The zero-order valence-corrected chi connectivity index (χ0v) is 13.5. The van der Waals surface area contributed by atoms with Gasteiger partial charge < -0.3 is 5.32 Å². The van der Waals surface area contributed by atoms with E-state index < -0.39 is 0 Å². The first-order valence-corrected chi connectivity index (χ1v) is 8.05. The molecular formula is C21H16N4. The molecule has 4 nitrogen and oxygen atoms in total. The van der Waals surface area contributed by atoms with E-state index in [0.717, 1.165) is 28.3 Å². The summed E-state index contributed by atoms with van der Waals surface area (Å²) in [4.78, 5) is 13.5. The lowest BCUT2D eigenvalue weighted by Gasteiger charge is -2.10. The van der Waals surface area contributed by atoms with Gasteiger partial charge in [-0.2, -0.15) is 0 Å². The van der Waals surface area contributed by atoms with Gasteiger partial charge in [0.2, 0.25) is 0 Å². The van der Waals surface area contributed by atoms with Gasteiger partial charge in [0.15, 0.2) is 5.82 Å². The molecule has 4 rings (SSSR count). The highest BCUT2D eigenvalue weighted by atomic mass is 15.0. The predicted molar refractivity (Wildman–Crippen MR) is 100 cm³/mol. The quantitative estimate of drug-likeness (QED) is 0.577. The van der Waals surface area contributed by atoms with Gasteiger partial charge >= 0.3 is 0 Å². The first-order valence-electron chi connectivity index (χ1n) is 8.05. The third-order valence-electron chi connectivity index (χ3n) is 3.78. The van der Waals surface area contributed by atoms with Crippen LogP contribution in [0.2, 0.25) is 0 Å². The van der Waals surface area contributed by atoms with Crippen molar-refractivity contribution in [1.82, 2.24) is 15.0 Å². The van der Waals surface area contributed by atoms with Crippen LogP contribution in [-0.2, 0) is 0 Å². The van der Waals surface area contributed by atoms with Crippen molar-refractivity contribution in [2.45, 2.75) is 0 Å². The summed E-state index contributed by atoms with van der Waals surface area (Å²) in [6.07, 6.45) is 3.50. The third kappa shape index (κ3) is 3.53. The molecule has 25 heavy (non-hydrogen) atoms. The van der Waals surface area contributed by atoms with Gasteiger partial charge in [0.1, 0.15) is 5.82 Å². The van der Waals surface area contributed by atoms with Crippen molar-refractivity contribution in [2.75, 3.05) is 5.32 Å². The van der Waals surface area contributed by atoms with Crippen molar-refractivity contribution in [3.8, 4) is 22.6 Å². The third-order valence-corrected chi connectivity index (χ3v) is 3.78. The number of hydrogen-bond acceptors (Lipinski definition) is 4. The average molecular weight is 324 g/mol. The Balaban J connectivity index is 1.80. The van der Waals surface area contributed by atoms with E-state index in [-0.39, 0.29) is 0 Å². The number of aromatic nitrogens is 3. The molecule has 4 heteroatoms. The molecule has 0 radical (unpaired) electrons. The van der Waals surface area contributed by atoms with E-state index in [4.69, 9.17) is 4.98 Å². The van der Waals surface area contributed by atoms with Crippen LogP contribution in [0.15, 0.2) is 91.3 Å². The van der Waals surface area contributed by atoms with Crippen molar-refractivity contribution in [3.63, 3.8) is 0 Å². The second kappa shape index (κ2) is 6.93. The summed E-state index contributed by atoms with van der Waals surface area (Å²) in [5.74, 6) is 1.43. The summed E-state index contributed by atoms with van der Waals surface area (Å²) >= 11 is 0. The number of pyridine rings is 1. The number of para-hydroxylation sites is 1. The summed E-state index contributed by atoms with van der Waals surface area (Å²) in [7, 11) is 0. The molecule has 0 saturated heterocycles. The molecule has 0 bridgehead atoms. The highest BCUT2D eigenvalue weighted by Gasteiger charge is 2.09. The van der Waals surface area contributed by atoms with E-state index in [1.165, 1.54) is 0 Å². The van der Waals surface area contributed by atoms with Crippen molar-refractivity contribution in [2.24, 2.45) is 0 Å². The van der Waals surface area contributed by atoms with Gasteiger partial charge in [-0.15, -0.1) is 0 Å².